The highest BCUT2D eigenvalue weighted by Crippen LogP contribution is 2.44. The Kier molecular flexibility index (Phi) is 4.86. The van der Waals surface area contributed by atoms with Crippen LogP contribution in [0.5, 0.6) is 0 Å². The van der Waals surface area contributed by atoms with Crippen LogP contribution in [0.15, 0.2) is 109 Å². The first kappa shape index (κ1) is 19.1. The highest BCUT2D eigenvalue weighted by molar-refractivity contribution is 6.21. The molecule has 5 aromatic rings. The molecule has 1 aliphatic heterocycles. The van der Waals surface area contributed by atoms with E-state index in [1.165, 1.54) is 43.9 Å². The summed E-state index contributed by atoms with van der Waals surface area (Å²) in [5.74, 6) is 0. The molecule has 6 rings (SSSR count). The second-order valence-electron chi connectivity index (χ2n) is 8.62. The molecule has 1 fully saturated rings. The summed E-state index contributed by atoms with van der Waals surface area (Å²) in [6, 6.07) is 39.5. The van der Waals surface area contributed by atoms with E-state index in [4.69, 9.17) is 0 Å². The third kappa shape index (κ3) is 3.34. The van der Waals surface area contributed by atoms with Crippen LogP contribution in [0.4, 0.5) is 5.69 Å². The number of benzene rings is 5. The highest BCUT2D eigenvalue weighted by atomic mass is 15.4. The second-order valence-corrected chi connectivity index (χ2v) is 8.62. The van der Waals surface area contributed by atoms with Crippen molar-refractivity contribution in [1.82, 2.24) is 4.90 Å². The van der Waals surface area contributed by atoms with Gasteiger partial charge in [-0.15, -0.1) is 0 Å². The van der Waals surface area contributed by atoms with Gasteiger partial charge in [-0.2, -0.15) is 0 Å². The Labute approximate surface area is 189 Å². The van der Waals surface area contributed by atoms with Crippen molar-refractivity contribution in [3.05, 3.63) is 115 Å². The predicted octanol–water partition coefficient (Wildman–Crippen LogP) is 6.94. The van der Waals surface area contributed by atoms with Crippen LogP contribution in [0, 0.1) is 0 Å². The summed E-state index contributed by atoms with van der Waals surface area (Å²) in [7, 11) is 0. The second kappa shape index (κ2) is 8.14. The van der Waals surface area contributed by atoms with Crippen molar-refractivity contribution in [2.24, 2.45) is 0 Å². The van der Waals surface area contributed by atoms with Gasteiger partial charge in [-0.1, -0.05) is 109 Å². The van der Waals surface area contributed by atoms with Gasteiger partial charge < -0.3 is 4.90 Å². The van der Waals surface area contributed by atoms with Crippen molar-refractivity contribution < 1.29 is 0 Å². The van der Waals surface area contributed by atoms with Crippen molar-refractivity contribution in [3.63, 3.8) is 0 Å². The number of anilines is 1. The van der Waals surface area contributed by atoms with Gasteiger partial charge in [-0.3, -0.25) is 4.90 Å². The van der Waals surface area contributed by atoms with Crippen molar-refractivity contribution in [1.29, 1.82) is 0 Å². The molecule has 0 unspecified atom stereocenters. The standard InChI is InChI=1S/C30H26N2/c1-3-11-23(12-4-1)21-31-19-20-32(22-31)30-28-18-10-8-16-26(28)25-15-7-9-17-27(25)29(30)24-13-5-2-6-14-24/h1-18H,19-22H2. The van der Waals surface area contributed by atoms with E-state index in [1.807, 2.05) is 0 Å². The molecule has 32 heavy (non-hydrogen) atoms. The molecule has 0 N–H and O–H groups in total. The minimum Gasteiger partial charge on any atom is -0.356 e. The zero-order valence-electron chi connectivity index (χ0n) is 18.1. The summed E-state index contributed by atoms with van der Waals surface area (Å²) in [4.78, 5) is 5.13. The van der Waals surface area contributed by atoms with Gasteiger partial charge in [0.25, 0.3) is 0 Å². The number of rotatable bonds is 4. The molecule has 0 radical (unpaired) electrons. The molecule has 2 nitrogen and oxygen atoms in total. The van der Waals surface area contributed by atoms with Crippen LogP contribution >= 0.6 is 0 Å². The Balaban J connectivity index is 1.53. The quantitative estimate of drug-likeness (QED) is 0.294. The zero-order chi connectivity index (χ0) is 21.3. The fourth-order valence-electron chi connectivity index (χ4n) is 5.15. The highest BCUT2D eigenvalue weighted by Gasteiger charge is 2.26. The number of hydrogen-bond donors (Lipinski definition) is 0. The lowest BCUT2D eigenvalue weighted by molar-refractivity contribution is 0.334. The molecule has 1 saturated heterocycles. The smallest absolute Gasteiger partial charge is 0.0711 e. The van der Waals surface area contributed by atoms with Crippen LogP contribution in [0.3, 0.4) is 0 Å². The van der Waals surface area contributed by atoms with Crippen LogP contribution in [0.2, 0.25) is 0 Å². The molecular weight excluding hydrogens is 388 g/mol. The maximum Gasteiger partial charge on any atom is 0.0711 e. The van der Waals surface area contributed by atoms with Gasteiger partial charge in [0.15, 0.2) is 0 Å². The molecule has 0 saturated carbocycles. The van der Waals surface area contributed by atoms with Gasteiger partial charge >= 0.3 is 0 Å². The monoisotopic (exact) mass is 414 g/mol. The van der Waals surface area contributed by atoms with E-state index in [1.54, 1.807) is 0 Å². The van der Waals surface area contributed by atoms with E-state index < -0.39 is 0 Å². The molecule has 0 bridgehead atoms. The normalized spacial score (nSPS) is 14.4. The summed E-state index contributed by atoms with van der Waals surface area (Å²) in [5, 5.41) is 5.32. The molecule has 156 valence electrons. The van der Waals surface area contributed by atoms with E-state index in [9.17, 15) is 0 Å². The fraction of sp³-hybridized carbons (Fsp3) is 0.133. The maximum absolute atomic E-state index is 2.58. The van der Waals surface area contributed by atoms with E-state index in [-0.39, 0.29) is 0 Å². The van der Waals surface area contributed by atoms with Crippen LogP contribution in [-0.2, 0) is 6.54 Å². The summed E-state index contributed by atoms with van der Waals surface area (Å²) in [5.41, 5.74) is 5.37. The lowest BCUT2D eigenvalue weighted by atomic mass is 9.90. The molecule has 0 atom stereocenters. The fourth-order valence-corrected chi connectivity index (χ4v) is 5.15. The Hall–Kier alpha value is -3.62. The lowest BCUT2D eigenvalue weighted by Gasteiger charge is -2.26. The topological polar surface area (TPSA) is 6.48 Å². The van der Waals surface area contributed by atoms with Gasteiger partial charge in [-0.05, 0) is 27.3 Å². The Morgan fingerprint density at radius 3 is 1.81 bits per heavy atom. The minimum absolute atomic E-state index is 0.942. The van der Waals surface area contributed by atoms with Crippen molar-refractivity contribution >= 4 is 27.2 Å². The molecule has 1 aliphatic rings. The minimum atomic E-state index is 0.942. The summed E-state index contributed by atoms with van der Waals surface area (Å²) in [6.07, 6.45) is 0. The van der Waals surface area contributed by atoms with E-state index in [0.717, 1.165) is 26.3 Å². The Bertz CT molecular complexity index is 1380. The molecule has 0 amide bonds. The Morgan fingerprint density at radius 2 is 1.09 bits per heavy atom. The van der Waals surface area contributed by atoms with Crippen molar-refractivity contribution in [2.45, 2.75) is 6.54 Å². The molecule has 2 heteroatoms. The number of hydrogen-bond acceptors (Lipinski definition) is 2. The van der Waals surface area contributed by atoms with E-state index >= 15 is 0 Å². The van der Waals surface area contributed by atoms with Gasteiger partial charge in [0.2, 0.25) is 0 Å². The SMILES string of the molecule is c1ccc(CN2CCN(c3c(-c4ccccc4)c4ccccc4c4ccccc34)C2)cc1. The zero-order valence-corrected chi connectivity index (χ0v) is 18.1. The number of fused-ring (bicyclic) bond motifs is 3. The molecule has 0 spiro atoms. The molecule has 1 heterocycles. The summed E-state index contributed by atoms with van der Waals surface area (Å²) < 4.78 is 0. The van der Waals surface area contributed by atoms with Crippen molar-refractivity contribution in [3.8, 4) is 11.1 Å². The average molecular weight is 415 g/mol. The molecular formula is C30H26N2. The summed E-state index contributed by atoms with van der Waals surface area (Å²) >= 11 is 0. The largest absolute Gasteiger partial charge is 0.356 e. The van der Waals surface area contributed by atoms with E-state index in [0.29, 0.717) is 0 Å². The van der Waals surface area contributed by atoms with Crippen LogP contribution in [-0.4, -0.2) is 24.7 Å². The molecule has 0 aliphatic carbocycles. The van der Waals surface area contributed by atoms with Gasteiger partial charge in [0.1, 0.15) is 0 Å². The first-order chi connectivity index (χ1) is 15.9. The first-order valence-corrected chi connectivity index (χ1v) is 11.4. The third-order valence-corrected chi connectivity index (χ3v) is 6.59. The third-order valence-electron chi connectivity index (χ3n) is 6.59. The van der Waals surface area contributed by atoms with Crippen LogP contribution < -0.4 is 4.90 Å². The maximum atomic E-state index is 2.58. The number of nitrogens with zero attached hydrogens (tertiary/aromatic N) is 2. The summed E-state index contributed by atoms with van der Waals surface area (Å²) in [6.45, 7) is 4.04. The van der Waals surface area contributed by atoms with Gasteiger partial charge in [0, 0.05) is 30.6 Å². The Morgan fingerprint density at radius 1 is 0.531 bits per heavy atom. The van der Waals surface area contributed by atoms with E-state index in [2.05, 4.69) is 119 Å². The first-order valence-electron chi connectivity index (χ1n) is 11.4. The van der Waals surface area contributed by atoms with Gasteiger partial charge in [0.05, 0.1) is 12.4 Å². The van der Waals surface area contributed by atoms with Crippen LogP contribution in [0.1, 0.15) is 5.56 Å². The van der Waals surface area contributed by atoms with Gasteiger partial charge in [-0.25, -0.2) is 0 Å². The molecule has 0 aromatic heterocycles. The lowest BCUT2D eigenvalue weighted by Crippen LogP contribution is -2.25. The average Bonchev–Trinajstić information content (AvgIpc) is 3.32. The molecule has 5 aromatic carbocycles. The van der Waals surface area contributed by atoms with Crippen LogP contribution in [0.25, 0.3) is 32.7 Å². The predicted molar refractivity (Wildman–Crippen MR) is 136 cm³/mol. The van der Waals surface area contributed by atoms with Crippen molar-refractivity contribution in [2.75, 3.05) is 24.7 Å².